The molecule has 0 saturated heterocycles. The molecule has 0 bridgehead atoms. The standard InChI is InChI=1S/C13H13N3O2/c1-2-14-13-15-12(16-18-13)10-7-9-5-3-4-6-11(9)17-8-10/h3-7H,2,8H2,1H3,(H,14,15,16). The van der Waals surface area contributed by atoms with Crippen LogP contribution in [-0.4, -0.2) is 23.3 Å². The van der Waals surface area contributed by atoms with Crippen molar-refractivity contribution in [3.05, 3.63) is 35.7 Å². The number of aromatic nitrogens is 2. The lowest BCUT2D eigenvalue weighted by molar-refractivity contribution is 0.363. The molecule has 2 heterocycles. The molecule has 0 unspecified atom stereocenters. The number of nitrogens with one attached hydrogen (secondary N) is 1. The number of benzene rings is 1. The fourth-order valence-corrected chi connectivity index (χ4v) is 1.82. The predicted molar refractivity (Wildman–Crippen MR) is 68.3 cm³/mol. The molecule has 1 aromatic heterocycles. The van der Waals surface area contributed by atoms with Gasteiger partial charge in [-0.15, -0.1) is 0 Å². The van der Waals surface area contributed by atoms with Gasteiger partial charge in [-0.25, -0.2) is 0 Å². The van der Waals surface area contributed by atoms with Gasteiger partial charge in [0.25, 0.3) is 0 Å². The normalized spacial score (nSPS) is 13.5. The van der Waals surface area contributed by atoms with Crippen molar-refractivity contribution in [2.24, 2.45) is 0 Å². The summed E-state index contributed by atoms with van der Waals surface area (Å²) in [6, 6.07) is 8.31. The third kappa shape index (κ3) is 1.95. The third-order valence-electron chi connectivity index (χ3n) is 2.67. The monoisotopic (exact) mass is 243 g/mol. The first-order valence-electron chi connectivity index (χ1n) is 5.87. The number of nitrogens with zero attached hydrogens (tertiary/aromatic N) is 2. The Balaban J connectivity index is 1.91. The van der Waals surface area contributed by atoms with Gasteiger partial charge in [-0.05, 0) is 19.1 Å². The molecule has 1 aliphatic heterocycles. The molecule has 3 rings (SSSR count). The highest BCUT2D eigenvalue weighted by molar-refractivity contribution is 5.83. The van der Waals surface area contributed by atoms with E-state index in [4.69, 9.17) is 9.26 Å². The number of rotatable bonds is 3. The van der Waals surface area contributed by atoms with E-state index in [1.165, 1.54) is 0 Å². The molecule has 5 nitrogen and oxygen atoms in total. The molecule has 0 spiro atoms. The summed E-state index contributed by atoms with van der Waals surface area (Å²) in [7, 11) is 0. The molecule has 1 N–H and O–H groups in total. The minimum absolute atomic E-state index is 0.437. The Kier molecular flexibility index (Phi) is 2.72. The maximum Gasteiger partial charge on any atom is 0.321 e. The van der Waals surface area contributed by atoms with Crippen LogP contribution in [0.3, 0.4) is 0 Å². The van der Waals surface area contributed by atoms with Crippen LogP contribution in [0.15, 0.2) is 28.8 Å². The van der Waals surface area contributed by atoms with Gasteiger partial charge in [0.1, 0.15) is 12.4 Å². The van der Waals surface area contributed by atoms with Gasteiger partial charge in [-0.1, -0.05) is 23.4 Å². The molecule has 0 radical (unpaired) electrons. The minimum atomic E-state index is 0.437. The van der Waals surface area contributed by atoms with Crippen molar-refractivity contribution in [3.63, 3.8) is 0 Å². The summed E-state index contributed by atoms with van der Waals surface area (Å²) in [6.07, 6.45) is 2.03. The van der Waals surface area contributed by atoms with Gasteiger partial charge in [0.05, 0.1) is 0 Å². The lowest BCUT2D eigenvalue weighted by Gasteiger charge is -2.15. The summed E-state index contributed by atoms with van der Waals surface area (Å²) in [4.78, 5) is 4.26. The van der Waals surface area contributed by atoms with Gasteiger partial charge < -0.3 is 14.6 Å². The predicted octanol–water partition coefficient (Wildman–Crippen LogP) is 2.43. The first-order chi connectivity index (χ1) is 8.86. The second-order valence-electron chi connectivity index (χ2n) is 3.95. The topological polar surface area (TPSA) is 60.2 Å². The maximum atomic E-state index is 5.65. The summed E-state index contributed by atoms with van der Waals surface area (Å²) in [5.41, 5.74) is 1.95. The molecule has 0 atom stereocenters. The zero-order valence-electron chi connectivity index (χ0n) is 10.0. The molecular weight excluding hydrogens is 230 g/mol. The summed E-state index contributed by atoms with van der Waals surface area (Å²) < 4.78 is 10.7. The van der Waals surface area contributed by atoms with Crippen LogP contribution in [0, 0.1) is 0 Å². The molecule has 0 saturated carbocycles. The Hall–Kier alpha value is -2.30. The van der Waals surface area contributed by atoms with Gasteiger partial charge in [-0.3, -0.25) is 0 Å². The van der Waals surface area contributed by atoms with E-state index in [-0.39, 0.29) is 0 Å². The van der Waals surface area contributed by atoms with E-state index in [2.05, 4.69) is 15.5 Å². The van der Waals surface area contributed by atoms with Crippen LogP contribution in [0.2, 0.25) is 0 Å². The summed E-state index contributed by atoms with van der Waals surface area (Å²) >= 11 is 0. The van der Waals surface area contributed by atoms with E-state index in [0.29, 0.717) is 18.4 Å². The SMILES string of the molecule is CCNc1nc(C2=Cc3ccccc3OC2)no1. The highest BCUT2D eigenvalue weighted by Gasteiger charge is 2.16. The average molecular weight is 243 g/mol. The summed E-state index contributed by atoms with van der Waals surface area (Å²) in [6.45, 7) is 3.19. The maximum absolute atomic E-state index is 5.65. The fourth-order valence-electron chi connectivity index (χ4n) is 1.82. The van der Waals surface area contributed by atoms with E-state index >= 15 is 0 Å². The number of para-hydroxylation sites is 1. The summed E-state index contributed by atoms with van der Waals surface area (Å²) in [5.74, 6) is 1.46. The van der Waals surface area contributed by atoms with Crippen LogP contribution < -0.4 is 10.1 Å². The zero-order chi connectivity index (χ0) is 12.4. The first-order valence-corrected chi connectivity index (χ1v) is 5.87. The molecule has 0 fully saturated rings. The fraction of sp³-hybridized carbons (Fsp3) is 0.231. The second-order valence-corrected chi connectivity index (χ2v) is 3.95. The molecule has 92 valence electrons. The van der Waals surface area contributed by atoms with E-state index in [1.807, 2.05) is 37.3 Å². The van der Waals surface area contributed by atoms with Crippen LogP contribution >= 0.6 is 0 Å². The van der Waals surface area contributed by atoms with Crippen LogP contribution in [0.1, 0.15) is 18.3 Å². The molecule has 18 heavy (non-hydrogen) atoms. The Labute approximate surface area is 104 Å². The first kappa shape index (κ1) is 10.8. The van der Waals surface area contributed by atoms with Crippen LogP contribution in [0.5, 0.6) is 5.75 Å². The van der Waals surface area contributed by atoms with E-state index in [1.54, 1.807) is 0 Å². The smallest absolute Gasteiger partial charge is 0.321 e. The van der Waals surface area contributed by atoms with Crippen molar-refractivity contribution in [2.75, 3.05) is 18.5 Å². The Bertz CT molecular complexity index is 589. The Morgan fingerprint density at radius 1 is 1.33 bits per heavy atom. The quantitative estimate of drug-likeness (QED) is 0.897. The number of hydrogen-bond donors (Lipinski definition) is 1. The van der Waals surface area contributed by atoms with Crippen LogP contribution in [-0.2, 0) is 0 Å². The number of anilines is 1. The number of hydrogen-bond acceptors (Lipinski definition) is 5. The largest absolute Gasteiger partial charge is 0.488 e. The molecule has 0 amide bonds. The highest BCUT2D eigenvalue weighted by Crippen LogP contribution is 2.29. The molecule has 2 aromatic rings. The van der Waals surface area contributed by atoms with Crippen molar-refractivity contribution in [2.45, 2.75) is 6.92 Å². The van der Waals surface area contributed by atoms with Crippen molar-refractivity contribution >= 4 is 17.7 Å². The van der Waals surface area contributed by atoms with E-state index in [0.717, 1.165) is 23.4 Å². The van der Waals surface area contributed by atoms with Crippen LogP contribution in [0.4, 0.5) is 6.01 Å². The number of fused-ring (bicyclic) bond motifs is 1. The molecule has 0 aliphatic carbocycles. The molecule has 1 aromatic carbocycles. The minimum Gasteiger partial charge on any atom is -0.488 e. The average Bonchev–Trinajstić information content (AvgIpc) is 2.87. The van der Waals surface area contributed by atoms with Crippen molar-refractivity contribution in [1.82, 2.24) is 10.1 Å². The number of ether oxygens (including phenoxy) is 1. The van der Waals surface area contributed by atoms with Crippen LogP contribution in [0.25, 0.3) is 11.6 Å². The van der Waals surface area contributed by atoms with E-state index in [9.17, 15) is 0 Å². The molecule has 5 heteroatoms. The van der Waals surface area contributed by atoms with Gasteiger partial charge in [0.2, 0.25) is 5.82 Å². The van der Waals surface area contributed by atoms with Gasteiger partial charge >= 0.3 is 6.01 Å². The third-order valence-corrected chi connectivity index (χ3v) is 2.67. The Morgan fingerprint density at radius 2 is 2.22 bits per heavy atom. The lowest BCUT2D eigenvalue weighted by atomic mass is 10.1. The van der Waals surface area contributed by atoms with E-state index < -0.39 is 0 Å². The second kappa shape index (κ2) is 4.52. The van der Waals surface area contributed by atoms with Gasteiger partial charge in [0, 0.05) is 17.7 Å². The van der Waals surface area contributed by atoms with Gasteiger partial charge in [0.15, 0.2) is 0 Å². The highest BCUT2D eigenvalue weighted by atomic mass is 16.5. The van der Waals surface area contributed by atoms with Crippen molar-refractivity contribution in [1.29, 1.82) is 0 Å². The molecule has 1 aliphatic rings. The van der Waals surface area contributed by atoms with Gasteiger partial charge in [-0.2, -0.15) is 4.98 Å². The van der Waals surface area contributed by atoms with Crippen molar-refractivity contribution < 1.29 is 9.26 Å². The lowest BCUT2D eigenvalue weighted by Crippen LogP contribution is -2.07. The zero-order valence-corrected chi connectivity index (χ0v) is 10.0. The van der Waals surface area contributed by atoms with Crippen molar-refractivity contribution in [3.8, 4) is 5.75 Å². The molecular formula is C13H13N3O2. The summed E-state index contributed by atoms with van der Waals surface area (Å²) in [5, 5.41) is 6.91. The Morgan fingerprint density at radius 3 is 3.11 bits per heavy atom.